The van der Waals surface area contributed by atoms with E-state index >= 15 is 0 Å². The summed E-state index contributed by atoms with van der Waals surface area (Å²) in [5.41, 5.74) is 0.321. The highest BCUT2D eigenvalue weighted by Gasteiger charge is 2.13. The van der Waals surface area contributed by atoms with E-state index < -0.39 is 10.7 Å². The minimum atomic E-state index is -0.584. The third kappa shape index (κ3) is 4.07. The molecule has 0 amide bonds. The van der Waals surface area contributed by atoms with E-state index in [1.165, 1.54) is 12.1 Å². The first-order chi connectivity index (χ1) is 8.58. The van der Waals surface area contributed by atoms with Gasteiger partial charge in [-0.3, -0.25) is 10.1 Å². The van der Waals surface area contributed by atoms with Crippen LogP contribution in [0.4, 0.5) is 10.1 Å². The third-order valence-electron chi connectivity index (χ3n) is 2.89. The van der Waals surface area contributed by atoms with Gasteiger partial charge in [0.05, 0.1) is 11.0 Å². The fraction of sp³-hybridized carbons (Fsp3) is 0.538. The Morgan fingerprint density at radius 2 is 2.17 bits per heavy atom. The van der Waals surface area contributed by atoms with Crippen molar-refractivity contribution in [1.29, 1.82) is 0 Å². The first-order valence-electron chi connectivity index (χ1n) is 6.24. The Labute approximate surface area is 106 Å². The van der Waals surface area contributed by atoms with Gasteiger partial charge in [0.2, 0.25) is 0 Å². The molecule has 18 heavy (non-hydrogen) atoms. The summed E-state index contributed by atoms with van der Waals surface area (Å²) in [6.07, 6.45) is 2.48. The SMILES string of the molecule is CCCNC(CC)Cc1ccc([N+](=O)[O-])cc1F. The molecule has 5 heteroatoms. The maximum atomic E-state index is 13.7. The molecule has 1 aromatic carbocycles. The second-order valence-corrected chi connectivity index (χ2v) is 4.30. The lowest BCUT2D eigenvalue weighted by Gasteiger charge is -2.16. The molecule has 0 bridgehead atoms. The van der Waals surface area contributed by atoms with Crippen LogP contribution in [0.2, 0.25) is 0 Å². The lowest BCUT2D eigenvalue weighted by Crippen LogP contribution is -2.31. The van der Waals surface area contributed by atoms with Gasteiger partial charge in [0.15, 0.2) is 0 Å². The standard InChI is InChI=1S/C13H19FN2O2/c1-3-7-15-11(4-2)8-10-5-6-12(16(17)18)9-13(10)14/h5-6,9,11,15H,3-4,7-8H2,1-2H3. The number of non-ortho nitro benzene ring substituents is 1. The van der Waals surface area contributed by atoms with Crippen LogP contribution in [0.5, 0.6) is 0 Å². The Hall–Kier alpha value is -1.49. The molecule has 0 fully saturated rings. The van der Waals surface area contributed by atoms with Crippen LogP contribution in [0, 0.1) is 15.9 Å². The van der Waals surface area contributed by atoms with E-state index in [4.69, 9.17) is 0 Å². The molecule has 0 aromatic heterocycles. The van der Waals surface area contributed by atoms with Gasteiger partial charge in [-0.1, -0.05) is 13.8 Å². The summed E-state index contributed by atoms with van der Waals surface area (Å²) in [6.45, 7) is 5.01. The van der Waals surface area contributed by atoms with E-state index in [0.29, 0.717) is 12.0 Å². The smallest absolute Gasteiger partial charge is 0.272 e. The van der Waals surface area contributed by atoms with Crippen molar-refractivity contribution in [2.75, 3.05) is 6.54 Å². The minimum Gasteiger partial charge on any atom is -0.314 e. The van der Waals surface area contributed by atoms with Crippen molar-refractivity contribution < 1.29 is 9.31 Å². The molecule has 0 radical (unpaired) electrons. The van der Waals surface area contributed by atoms with Crippen molar-refractivity contribution in [3.05, 3.63) is 39.7 Å². The van der Waals surface area contributed by atoms with Gasteiger partial charge in [-0.25, -0.2) is 4.39 Å². The monoisotopic (exact) mass is 254 g/mol. The van der Waals surface area contributed by atoms with Gasteiger partial charge in [-0.2, -0.15) is 0 Å². The van der Waals surface area contributed by atoms with Crippen LogP contribution < -0.4 is 5.32 Å². The summed E-state index contributed by atoms with van der Waals surface area (Å²) < 4.78 is 13.7. The molecule has 0 heterocycles. The second-order valence-electron chi connectivity index (χ2n) is 4.30. The van der Waals surface area contributed by atoms with Gasteiger partial charge in [0, 0.05) is 12.1 Å². The van der Waals surface area contributed by atoms with Crippen molar-refractivity contribution in [3.8, 4) is 0 Å². The van der Waals surface area contributed by atoms with Gasteiger partial charge in [-0.15, -0.1) is 0 Å². The Balaban J connectivity index is 2.74. The number of nitro groups is 1. The fourth-order valence-corrected chi connectivity index (χ4v) is 1.79. The second kappa shape index (κ2) is 7.06. The highest BCUT2D eigenvalue weighted by Crippen LogP contribution is 2.18. The summed E-state index contributed by atoms with van der Waals surface area (Å²) in [6, 6.07) is 4.05. The van der Waals surface area contributed by atoms with E-state index in [1.54, 1.807) is 0 Å². The number of nitrogens with one attached hydrogen (secondary N) is 1. The highest BCUT2D eigenvalue weighted by molar-refractivity contribution is 5.34. The Kier molecular flexibility index (Phi) is 5.71. The van der Waals surface area contributed by atoms with Crippen molar-refractivity contribution in [3.63, 3.8) is 0 Å². The predicted molar refractivity (Wildman–Crippen MR) is 69.1 cm³/mol. The zero-order chi connectivity index (χ0) is 13.5. The average Bonchev–Trinajstić information content (AvgIpc) is 2.35. The van der Waals surface area contributed by atoms with E-state index in [-0.39, 0.29) is 11.7 Å². The molecule has 100 valence electrons. The largest absolute Gasteiger partial charge is 0.314 e. The Morgan fingerprint density at radius 3 is 2.67 bits per heavy atom. The van der Waals surface area contributed by atoms with Gasteiger partial charge in [0.25, 0.3) is 5.69 Å². The molecule has 1 rings (SSSR count). The molecule has 1 unspecified atom stereocenters. The lowest BCUT2D eigenvalue weighted by atomic mass is 10.0. The van der Waals surface area contributed by atoms with Crippen molar-refractivity contribution in [2.24, 2.45) is 0 Å². The zero-order valence-corrected chi connectivity index (χ0v) is 10.8. The molecule has 0 spiro atoms. The topological polar surface area (TPSA) is 55.2 Å². The molecular formula is C13H19FN2O2. The van der Waals surface area contributed by atoms with E-state index in [2.05, 4.69) is 12.2 Å². The number of nitro benzene ring substituents is 1. The summed E-state index contributed by atoms with van der Waals surface area (Å²) in [4.78, 5) is 9.93. The zero-order valence-electron chi connectivity index (χ0n) is 10.8. The highest BCUT2D eigenvalue weighted by atomic mass is 19.1. The molecule has 0 saturated heterocycles. The summed E-state index contributed by atoms with van der Waals surface area (Å²) in [5, 5.41) is 13.8. The number of rotatable bonds is 7. The number of nitrogens with zero attached hydrogens (tertiary/aromatic N) is 1. The molecule has 1 atom stereocenters. The maximum absolute atomic E-state index is 13.7. The normalized spacial score (nSPS) is 12.4. The van der Waals surface area contributed by atoms with Gasteiger partial charge in [-0.05, 0) is 37.4 Å². The van der Waals surface area contributed by atoms with Gasteiger partial charge in [0.1, 0.15) is 5.82 Å². The Morgan fingerprint density at radius 1 is 1.44 bits per heavy atom. The van der Waals surface area contributed by atoms with Crippen molar-refractivity contribution in [1.82, 2.24) is 5.32 Å². The first-order valence-corrected chi connectivity index (χ1v) is 6.24. The van der Waals surface area contributed by atoms with Gasteiger partial charge >= 0.3 is 0 Å². The lowest BCUT2D eigenvalue weighted by molar-refractivity contribution is -0.385. The van der Waals surface area contributed by atoms with E-state index in [9.17, 15) is 14.5 Å². The maximum Gasteiger partial charge on any atom is 0.272 e. The fourth-order valence-electron chi connectivity index (χ4n) is 1.79. The van der Waals surface area contributed by atoms with E-state index in [0.717, 1.165) is 25.5 Å². The van der Waals surface area contributed by atoms with Gasteiger partial charge < -0.3 is 5.32 Å². The number of benzene rings is 1. The molecule has 1 N–H and O–H groups in total. The summed E-state index contributed by atoms with van der Waals surface area (Å²) in [5.74, 6) is -0.499. The van der Waals surface area contributed by atoms with Crippen LogP contribution in [-0.2, 0) is 6.42 Å². The predicted octanol–water partition coefficient (Wildman–Crippen LogP) is 3.05. The minimum absolute atomic E-state index is 0.203. The third-order valence-corrected chi connectivity index (χ3v) is 2.89. The molecular weight excluding hydrogens is 235 g/mol. The average molecular weight is 254 g/mol. The molecule has 1 aromatic rings. The van der Waals surface area contributed by atoms with Crippen LogP contribution in [0.25, 0.3) is 0 Å². The van der Waals surface area contributed by atoms with Crippen LogP contribution in [0.3, 0.4) is 0 Å². The van der Waals surface area contributed by atoms with Crippen molar-refractivity contribution >= 4 is 5.69 Å². The molecule has 0 saturated carbocycles. The van der Waals surface area contributed by atoms with E-state index in [1.807, 2.05) is 6.92 Å². The Bertz CT molecular complexity index is 410. The molecule has 0 aliphatic heterocycles. The summed E-state index contributed by atoms with van der Waals surface area (Å²) >= 11 is 0. The first kappa shape index (κ1) is 14.6. The van der Waals surface area contributed by atoms with Crippen LogP contribution in [-0.4, -0.2) is 17.5 Å². The number of hydrogen-bond acceptors (Lipinski definition) is 3. The molecule has 4 nitrogen and oxygen atoms in total. The van der Waals surface area contributed by atoms with Crippen LogP contribution in [0.1, 0.15) is 32.3 Å². The van der Waals surface area contributed by atoms with Crippen LogP contribution in [0.15, 0.2) is 18.2 Å². The summed E-state index contributed by atoms with van der Waals surface area (Å²) in [7, 11) is 0. The number of hydrogen-bond donors (Lipinski definition) is 1. The molecule has 0 aliphatic rings. The number of halogens is 1. The van der Waals surface area contributed by atoms with Crippen LogP contribution >= 0.6 is 0 Å². The quantitative estimate of drug-likeness (QED) is 0.601. The van der Waals surface area contributed by atoms with Crippen molar-refractivity contribution in [2.45, 2.75) is 39.2 Å². The molecule has 0 aliphatic carbocycles.